The first-order chi connectivity index (χ1) is 18.0. The van der Waals surface area contributed by atoms with Gasteiger partial charge in [0, 0.05) is 38.5 Å². The van der Waals surface area contributed by atoms with E-state index in [0.29, 0.717) is 51.6 Å². The molecule has 9 nitrogen and oxygen atoms in total. The highest BCUT2D eigenvalue weighted by atomic mass is 16.5. The van der Waals surface area contributed by atoms with Crippen molar-refractivity contribution in [1.82, 2.24) is 15.1 Å². The van der Waals surface area contributed by atoms with Crippen LogP contribution in [0, 0.1) is 0 Å². The van der Waals surface area contributed by atoms with Crippen molar-refractivity contribution in [2.24, 2.45) is 4.99 Å². The van der Waals surface area contributed by atoms with E-state index >= 15 is 0 Å². The maximum atomic E-state index is 12.8. The number of ether oxygens (including phenoxy) is 2. The summed E-state index contributed by atoms with van der Waals surface area (Å²) >= 11 is 0. The van der Waals surface area contributed by atoms with E-state index in [9.17, 15) is 14.4 Å². The Labute approximate surface area is 220 Å². The summed E-state index contributed by atoms with van der Waals surface area (Å²) in [5.41, 5.74) is 1.93. The molecule has 0 atom stereocenters. The van der Waals surface area contributed by atoms with Crippen LogP contribution >= 0.6 is 0 Å². The predicted octanol–water partition coefficient (Wildman–Crippen LogP) is 4.31. The molecule has 1 N–H and O–H groups in total. The molecule has 204 valence electrons. The molecule has 0 aromatic heterocycles. The fraction of sp³-hybridized carbons (Fsp3) is 0.643. The van der Waals surface area contributed by atoms with Gasteiger partial charge < -0.3 is 19.3 Å². The molecular weight excluding hydrogens is 472 g/mol. The number of fused-ring (bicyclic) bond motifs is 2. The van der Waals surface area contributed by atoms with E-state index in [-0.39, 0.29) is 17.8 Å². The zero-order valence-corrected chi connectivity index (χ0v) is 22.4. The normalized spacial score (nSPS) is 13.9. The average Bonchev–Trinajstić information content (AvgIpc) is 3.23. The van der Waals surface area contributed by atoms with Gasteiger partial charge in [0.1, 0.15) is 12.3 Å². The van der Waals surface area contributed by atoms with Crippen molar-refractivity contribution < 1.29 is 23.9 Å². The topological polar surface area (TPSA) is 101 Å². The molecular formula is C28H42N4O5. The smallest absolute Gasteiger partial charge is 0.302 e. The number of amides is 2. The van der Waals surface area contributed by atoms with E-state index in [2.05, 4.69) is 17.2 Å². The van der Waals surface area contributed by atoms with Crippen LogP contribution in [0.1, 0.15) is 83.6 Å². The minimum absolute atomic E-state index is 0.0244. The van der Waals surface area contributed by atoms with E-state index in [1.807, 2.05) is 28.0 Å². The van der Waals surface area contributed by atoms with Gasteiger partial charge in [-0.25, -0.2) is 4.99 Å². The van der Waals surface area contributed by atoms with Gasteiger partial charge in [0.2, 0.25) is 17.8 Å². The fourth-order valence-electron chi connectivity index (χ4n) is 4.57. The molecule has 0 aliphatic carbocycles. The molecule has 9 heteroatoms. The second kappa shape index (κ2) is 15.2. The molecule has 1 aromatic carbocycles. The molecule has 1 saturated heterocycles. The van der Waals surface area contributed by atoms with Crippen molar-refractivity contribution in [3.63, 3.8) is 0 Å². The lowest BCUT2D eigenvalue weighted by atomic mass is 10.1. The molecule has 0 radical (unpaired) electrons. The van der Waals surface area contributed by atoms with E-state index < -0.39 is 0 Å². The van der Waals surface area contributed by atoms with Crippen LogP contribution in [0.5, 0.6) is 5.75 Å². The van der Waals surface area contributed by atoms with Gasteiger partial charge in [-0.3, -0.25) is 19.7 Å². The van der Waals surface area contributed by atoms with Crippen molar-refractivity contribution >= 4 is 29.4 Å². The van der Waals surface area contributed by atoms with Gasteiger partial charge in [-0.1, -0.05) is 39.0 Å². The summed E-state index contributed by atoms with van der Waals surface area (Å²) in [6, 6.07) is 5.86. The first-order valence-corrected chi connectivity index (χ1v) is 13.8. The van der Waals surface area contributed by atoms with Crippen LogP contribution < -0.4 is 10.1 Å². The van der Waals surface area contributed by atoms with E-state index in [1.165, 1.54) is 19.8 Å². The molecule has 2 amide bonds. The molecule has 1 aromatic rings. The number of hydrogen-bond acceptors (Lipinski definition) is 7. The van der Waals surface area contributed by atoms with Gasteiger partial charge in [-0.2, -0.15) is 0 Å². The van der Waals surface area contributed by atoms with Gasteiger partial charge in [0.05, 0.1) is 18.9 Å². The Hall–Kier alpha value is -3.10. The van der Waals surface area contributed by atoms with Gasteiger partial charge in [0.15, 0.2) is 0 Å². The number of nitrogens with zero attached hydrogens (tertiary/aromatic N) is 3. The number of carbonyl (C=O) groups excluding carboxylic acids is 3. The van der Waals surface area contributed by atoms with Gasteiger partial charge in [-0.15, -0.1) is 0 Å². The lowest BCUT2D eigenvalue weighted by molar-refractivity contribution is -0.141. The third-order valence-corrected chi connectivity index (χ3v) is 6.59. The van der Waals surface area contributed by atoms with Crippen LogP contribution in [0.15, 0.2) is 23.2 Å². The number of rotatable bonds is 17. The van der Waals surface area contributed by atoms with E-state index in [0.717, 1.165) is 62.1 Å². The minimum atomic E-state index is -0.276. The highest BCUT2D eigenvalue weighted by molar-refractivity contribution is 6.05. The summed E-state index contributed by atoms with van der Waals surface area (Å²) in [6.07, 6.45) is 9.56. The molecule has 0 bridgehead atoms. The Morgan fingerprint density at radius 1 is 1.00 bits per heavy atom. The lowest BCUT2D eigenvalue weighted by Crippen LogP contribution is -2.33. The van der Waals surface area contributed by atoms with Crippen molar-refractivity contribution in [2.45, 2.75) is 84.6 Å². The predicted molar refractivity (Wildman–Crippen MR) is 143 cm³/mol. The van der Waals surface area contributed by atoms with Crippen LogP contribution in [0.3, 0.4) is 0 Å². The van der Waals surface area contributed by atoms with Crippen LogP contribution in [0.25, 0.3) is 0 Å². The third-order valence-electron chi connectivity index (χ3n) is 6.59. The number of benzene rings is 1. The number of nitrogens with one attached hydrogen (secondary N) is 1. The summed E-state index contributed by atoms with van der Waals surface area (Å²) in [5.74, 6) is 1.35. The molecule has 2 heterocycles. The zero-order chi connectivity index (χ0) is 26.5. The number of unbranched alkanes of at least 4 members (excludes halogenated alkanes) is 6. The summed E-state index contributed by atoms with van der Waals surface area (Å²) in [6.45, 7) is 7.00. The Balaban J connectivity index is 1.30. The maximum absolute atomic E-state index is 12.8. The van der Waals surface area contributed by atoms with Gasteiger partial charge in [0.25, 0.3) is 0 Å². The zero-order valence-electron chi connectivity index (χ0n) is 22.4. The maximum Gasteiger partial charge on any atom is 0.302 e. The lowest BCUT2D eigenvalue weighted by Gasteiger charge is -2.23. The van der Waals surface area contributed by atoms with E-state index in [4.69, 9.17) is 9.47 Å². The highest BCUT2D eigenvalue weighted by Gasteiger charge is 2.29. The van der Waals surface area contributed by atoms with Crippen LogP contribution in [0.4, 0.5) is 5.69 Å². The quantitative estimate of drug-likeness (QED) is 0.246. The molecule has 3 rings (SSSR count). The standard InChI is InChI=1S/C28H42N4O5/c1-3-4-5-9-15-31(16-11-18-36-22(2)33)27(35)12-8-6-7-10-17-37-24-13-14-25-23(19-24)20-32-21-26(34)30-28(32)29-25/h13-14,19H,3-12,15-18,20-21H2,1-2H3,(H,29,30,34). The Morgan fingerprint density at radius 2 is 1.78 bits per heavy atom. The fourth-order valence-corrected chi connectivity index (χ4v) is 4.57. The largest absolute Gasteiger partial charge is 0.494 e. The van der Waals surface area contributed by atoms with Crippen molar-refractivity contribution in [3.05, 3.63) is 23.8 Å². The molecule has 2 aliphatic heterocycles. The summed E-state index contributed by atoms with van der Waals surface area (Å²) < 4.78 is 11.0. The Bertz CT molecular complexity index is 949. The Kier molecular flexibility index (Phi) is 11.7. The number of guanidine groups is 1. The first-order valence-electron chi connectivity index (χ1n) is 13.8. The van der Waals surface area contributed by atoms with Crippen molar-refractivity contribution in [2.75, 3.05) is 32.8 Å². The Morgan fingerprint density at radius 3 is 2.59 bits per heavy atom. The molecule has 0 spiro atoms. The van der Waals surface area contributed by atoms with Crippen molar-refractivity contribution in [3.8, 4) is 5.75 Å². The number of carbonyl (C=O) groups is 3. The minimum Gasteiger partial charge on any atom is -0.494 e. The van der Waals surface area contributed by atoms with Crippen LogP contribution in [-0.4, -0.2) is 66.4 Å². The molecule has 1 fully saturated rings. The molecule has 37 heavy (non-hydrogen) atoms. The first kappa shape index (κ1) is 28.5. The highest BCUT2D eigenvalue weighted by Crippen LogP contribution is 2.30. The van der Waals surface area contributed by atoms with E-state index in [1.54, 1.807) is 0 Å². The molecule has 2 aliphatic rings. The van der Waals surface area contributed by atoms with Gasteiger partial charge >= 0.3 is 5.97 Å². The monoisotopic (exact) mass is 514 g/mol. The van der Waals surface area contributed by atoms with Gasteiger partial charge in [-0.05, 0) is 43.9 Å². The summed E-state index contributed by atoms with van der Waals surface area (Å²) in [7, 11) is 0. The average molecular weight is 515 g/mol. The molecule has 0 unspecified atom stereocenters. The second-order valence-electron chi connectivity index (χ2n) is 9.78. The second-order valence-corrected chi connectivity index (χ2v) is 9.78. The summed E-state index contributed by atoms with van der Waals surface area (Å²) in [4.78, 5) is 43.7. The molecule has 0 saturated carbocycles. The number of aliphatic imine (C=N–C) groups is 1. The SMILES string of the molecule is CCCCCCN(CCCOC(C)=O)C(=O)CCCCCCOc1ccc2c(c1)CN1CC(=O)NC1=N2. The number of esters is 1. The van der Waals surface area contributed by atoms with Crippen LogP contribution in [-0.2, 0) is 25.7 Å². The van der Waals surface area contributed by atoms with Crippen molar-refractivity contribution in [1.29, 1.82) is 0 Å². The number of hydrogen-bond donors (Lipinski definition) is 1. The van der Waals surface area contributed by atoms with Crippen LogP contribution in [0.2, 0.25) is 0 Å². The summed E-state index contributed by atoms with van der Waals surface area (Å²) in [5, 5.41) is 2.78. The third kappa shape index (κ3) is 9.70.